The number of anilines is 1. The number of methoxy groups -OCH3 is 1. The van der Waals surface area contributed by atoms with Crippen molar-refractivity contribution in [3.05, 3.63) is 89.5 Å². The number of aromatic carboxylic acids is 1. The van der Waals surface area contributed by atoms with Crippen LogP contribution in [0.25, 0.3) is 0 Å². The first kappa shape index (κ1) is 19.0. The first-order chi connectivity index (χ1) is 13.7. The van der Waals surface area contributed by atoms with Gasteiger partial charge in [0.2, 0.25) is 0 Å². The molecule has 0 unspecified atom stereocenters. The Morgan fingerprint density at radius 2 is 1.79 bits per heavy atom. The molecule has 0 aliphatic carbocycles. The molecule has 0 aliphatic heterocycles. The summed E-state index contributed by atoms with van der Waals surface area (Å²) in [5.41, 5.74) is 5.52. The zero-order valence-corrected chi connectivity index (χ0v) is 15.3. The van der Waals surface area contributed by atoms with Crippen molar-refractivity contribution in [3.8, 4) is 11.5 Å². The van der Waals surface area contributed by atoms with Crippen LogP contribution in [0.4, 0.5) is 5.69 Å². The van der Waals surface area contributed by atoms with Gasteiger partial charge in [0.25, 0.3) is 0 Å². The molecule has 142 valence electrons. The molecule has 3 rings (SSSR count). The van der Waals surface area contributed by atoms with E-state index in [4.69, 9.17) is 9.47 Å². The number of carbonyl (C=O) groups is 1. The highest BCUT2D eigenvalue weighted by atomic mass is 16.5. The largest absolute Gasteiger partial charge is 0.545 e. The molecule has 0 atom stereocenters. The first-order valence-corrected chi connectivity index (χ1v) is 8.61. The lowest BCUT2D eigenvalue weighted by atomic mass is 10.2. The van der Waals surface area contributed by atoms with E-state index in [0.717, 1.165) is 11.1 Å². The fraction of sp³-hybridized carbons (Fsp3) is 0.0909. The van der Waals surface area contributed by atoms with Gasteiger partial charge in [0.05, 0.1) is 25.0 Å². The van der Waals surface area contributed by atoms with Crippen LogP contribution in [0.1, 0.15) is 21.5 Å². The topological polar surface area (TPSA) is 83.0 Å². The lowest BCUT2D eigenvalue weighted by Gasteiger charge is -2.11. The van der Waals surface area contributed by atoms with Crippen LogP contribution in [0.3, 0.4) is 0 Å². The molecule has 0 spiro atoms. The highest BCUT2D eigenvalue weighted by molar-refractivity contribution is 5.86. The number of carboxylic acid groups (broad SMARTS) is 1. The highest BCUT2D eigenvalue weighted by Crippen LogP contribution is 2.28. The summed E-state index contributed by atoms with van der Waals surface area (Å²) in [6.07, 6.45) is 1.64. The van der Waals surface area contributed by atoms with Crippen LogP contribution in [-0.2, 0) is 6.61 Å². The summed E-state index contributed by atoms with van der Waals surface area (Å²) in [6.45, 7) is 0.452. The van der Waals surface area contributed by atoms with Gasteiger partial charge in [-0.25, -0.2) is 0 Å². The first-order valence-electron chi connectivity index (χ1n) is 8.61. The monoisotopic (exact) mass is 375 g/mol. The molecule has 1 N–H and O–H groups in total. The summed E-state index contributed by atoms with van der Waals surface area (Å²) in [5, 5.41) is 14.9. The number of hydrazone groups is 1. The molecule has 6 heteroatoms. The van der Waals surface area contributed by atoms with Crippen molar-refractivity contribution in [1.29, 1.82) is 0 Å². The van der Waals surface area contributed by atoms with Crippen molar-refractivity contribution >= 4 is 17.9 Å². The van der Waals surface area contributed by atoms with Gasteiger partial charge in [-0.2, -0.15) is 5.10 Å². The van der Waals surface area contributed by atoms with E-state index in [1.54, 1.807) is 25.5 Å². The Kier molecular flexibility index (Phi) is 6.25. The Labute approximate surface area is 163 Å². The van der Waals surface area contributed by atoms with E-state index in [1.807, 2.05) is 48.5 Å². The average molecular weight is 375 g/mol. The standard InChI is InChI=1S/C22H20N2O4/c1-27-21-13-17(7-12-20(21)28-15-16-5-3-2-4-6-16)14-23-24-19-10-8-18(9-11-19)22(25)26/h2-14,24H,15H2,1H3,(H,25,26)/p-1/b23-14-. The van der Waals surface area contributed by atoms with Gasteiger partial charge in [-0.1, -0.05) is 42.5 Å². The summed E-state index contributed by atoms with van der Waals surface area (Å²) in [4.78, 5) is 10.7. The fourth-order valence-corrected chi connectivity index (χ4v) is 2.48. The van der Waals surface area contributed by atoms with E-state index in [-0.39, 0.29) is 5.56 Å². The van der Waals surface area contributed by atoms with Crippen LogP contribution in [-0.4, -0.2) is 19.3 Å². The van der Waals surface area contributed by atoms with Gasteiger partial charge >= 0.3 is 0 Å². The maximum absolute atomic E-state index is 10.7. The summed E-state index contributed by atoms with van der Waals surface area (Å²) in [5.74, 6) is 0.0456. The van der Waals surface area contributed by atoms with E-state index in [9.17, 15) is 9.90 Å². The van der Waals surface area contributed by atoms with E-state index in [2.05, 4.69) is 10.5 Å². The molecule has 0 amide bonds. The van der Waals surface area contributed by atoms with Crippen molar-refractivity contribution in [1.82, 2.24) is 0 Å². The Bertz CT molecular complexity index is 954. The normalized spacial score (nSPS) is 10.6. The maximum atomic E-state index is 10.7. The molecule has 0 aromatic heterocycles. The molecule has 0 saturated carbocycles. The number of nitrogens with one attached hydrogen (secondary N) is 1. The summed E-state index contributed by atoms with van der Waals surface area (Å²) in [6, 6.07) is 21.6. The van der Waals surface area contributed by atoms with Gasteiger partial charge in [0.15, 0.2) is 11.5 Å². The van der Waals surface area contributed by atoms with Crippen molar-refractivity contribution in [2.45, 2.75) is 6.61 Å². The SMILES string of the molecule is COc1cc(/C=N\Nc2ccc(C(=O)[O-])cc2)ccc1OCc1ccccc1. The quantitative estimate of drug-likeness (QED) is 0.483. The lowest BCUT2D eigenvalue weighted by Crippen LogP contribution is -2.21. The third-order valence-electron chi connectivity index (χ3n) is 3.95. The van der Waals surface area contributed by atoms with Crippen molar-refractivity contribution < 1.29 is 19.4 Å². The lowest BCUT2D eigenvalue weighted by molar-refractivity contribution is -0.255. The second-order valence-electron chi connectivity index (χ2n) is 5.92. The van der Waals surface area contributed by atoms with Gasteiger partial charge in [-0.15, -0.1) is 0 Å². The third-order valence-corrected chi connectivity index (χ3v) is 3.95. The Hall–Kier alpha value is -3.80. The van der Waals surface area contributed by atoms with Gasteiger partial charge in [-0.3, -0.25) is 5.43 Å². The summed E-state index contributed by atoms with van der Waals surface area (Å²) < 4.78 is 11.2. The van der Waals surface area contributed by atoms with Crippen LogP contribution in [0.15, 0.2) is 77.9 Å². The fourth-order valence-electron chi connectivity index (χ4n) is 2.48. The number of rotatable bonds is 8. The van der Waals surface area contributed by atoms with E-state index >= 15 is 0 Å². The van der Waals surface area contributed by atoms with Gasteiger partial charge < -0.3 is 19.4 Å². The molecule has 0 heterocycles. The second-order valence-corrected chi connectivity index (χ2v) is 5.92. The molecular formula is C22H19N2O4-. The van der Waals surface area contributed by atoms with E-state index in [0.29, 0.717) is 23.8 Å². The molecular weight excluding hydrogens is 356 g/mol. The molecule has 0 radical (unpaired) electrons. The zero-order chi connectivity index (χ0) is 19.8. The third kappa shape index (κ3) is 5.11. The minimum absolute atomic E-state index is 0.116. The predicted molar refractivity (Wildman–Crippen MR) is 106 cm³/mol. The molecule has 3 aromatic carbocycles. The number of carboxylic acids is 1. The van der Waals surface area contributed by atoms with Crippen LogP contribution < -0.4 is 20.0 Å². The molecule has 6 nitrogen and oxygen atoms in total. The molecule has 3 aromatic rings. The van der Waals surface area contributed by atoms with Crippen LogP contribution in [0.2, 0.25) is 0 Å². The van der Waals surface area contributed by atoms with Crippen molar-refractivity contribution in [3.63, 3.8) is 0 Å². The Morgan fingerprint density at radius 1 is 1.04 bits per heavy atom. The van der Waals surface area contributed by atoms with Gasteiger partial charge in [-0.05, 0) is 47.0 Å². The zero-order valence-electron chi connectivity index (χ0n) is 15.3. The van der Waals surface area contributed by atoms with E-state index in [1.165, 1.54) is 12.1 Å². The predicted octanol–water partition coefficient (Wildman–Crippen LogP) is 3.08. The Morgan fingerprint density at radius 3 is 2.46 bits per heavy atom. The number of hydrogen-bond donors (Lipinski definition) is 1. The van der Waals surface area contributed by atoms with Crippen LogP contribution in [0, 0.1) is 0 Å². The highest BCUT2D eigenvalue weighted by Gasteiger charge is 2.05. The van der Waals surface area contributed by atoms with Crippen LogP contribution >= 0.6 is 0 Å². The number of hydrogen-bond acceptors (Lipinski definition) is 6. The Balaban J connectivity index is 1.62. The van der Waals surface area contributed by atoms with Crippen molar-refractivity contribution in [2.75, 3.05) is 12.5 Å². The molecule has 0 aliphatic rings. The van der Waals surface area contributed by atoms with Crippen molar-refractivity contribution in [2.24, 2.45) is 5.10 Å². The number of nitrogens with zero attached hydrogens (tertiary/aromatic N) is 1. The van der Waals surface area contributed by atoms with Crippen LogP contribution in [0.5, 0.6) is 11.5 Å². The average Bonchev–Trinajstić information content (AvgIpc) is 2.73. The second kappa shape index (κ2) is 9.23. The number of benzene rings is 3. The summed E-state index contributed by atoms with van der Waals surface area (Å²) >= 11 is 0. The van der Waals surface area contributed by atoms with Gasteiger partial charge in [0.1, 0.15) is 6.61 Å². The summed E-state index contributed by atoms with van der Waals surface area (Å²) in [7, 11) is 1.59. The molecule has 28 heavy (non-hydrogen) atoms. The van der Waals surface area contributed by atoms with Gasteiger partial charge in [0, 0.05) is 0 Å². The maximum Gasteiger partial charge on any atom is 0.161 e. The minimum atomic E-state index is -1.21. The molecule has 0 fully saturated rings. The number of ether oxygens (including phenoxy) is 2. The number of carbonyl (C=O) groups excluding carboxylic acids is 1. The molecule has 0 bridgehead atoms. The molecule has 0 saturated heterocycles. The smallest absolute Gasteiger partial charge is 0.161 e. The van der Waals surface area contributed by atoms with E-state index < -0.39 is 5.97 Å². The minimum Gasteiger partial charge on any atom is -0.545 e.